The van der Waals surface area contributed by atoms with Crippen molar-refractivity contribution in [2.45, 2.75) is 17.0 Å². The van der Waals surface area contributed by atoms with Crippen LogP contribution in [0.25, 0.3) is 5.69 Å². The van der Waals surface area contributed by atoms with E-state index < -0.39 is 10.0 Å². The van der Waals surface area contributed by atoms with Crippen LogP contribution in [0.1, 0.15) is 5.56 Å². The zero-order chi connectivity index (χ0) is 21.9. The molecule has 3 aromatic rings. The predicted octanol–water partition coefficient (Wildman–Crippen LogP) is 3.82. The number of thioether (sulfide) groups is 1. The highest BCUT2D eigenvalue weighted by Crippen LogP contribution is 2.24. The summed E-state index contributed by atoms with van der Waals surface area (Å²) in [7, 11) is -0.655. The molecule has 0 aliphatic heterocycles. The van der Waals surface area contributed by atoms with Crippen LogP contribution in [0.4, 0.5) is 5.69 Å². The Morgan fingerprint density at radius 3 is 2.57 bits per heavy atom. The molecule has 0 atom stereocenters. The Labute approximate surface area is 185 Å². The van der Waals surface area contributed by atoms with E-state index in [0.29, 0.717) is 15.9 Å². The predicted molar refractivity (Wildman–Crippen MR) is 120 cm³/mol. The zero-order valence-corrected chi connectivity index (χ0v) is 19.1. The van der Waals surface area contributed by atoms with E-state index in [1.807, 2.05) is 29.8 Å². The van der Waals surface area contributed by atoms with E-state index in [2.05, 4.69) is 10.3 Å². The van der Waals surface area contributed by atoms with Gasteiger partial charge in [0.1, 0.15) is 0 Å². The van der Waals surface area contributed by atoms with Crippen LogP contribution in [0, 0.1) is 6.92 Å². The molecule has 0 aliphatic carbocycles. The van der Waals surface area contributed by atoms with Crippen molar-refractivity contribution in [1.29, 1.82) is 0 Å². The maximum absolute atomic E-state index is 12.5. The minimum atomic E-state index is -3.58. The van der Waals surface area contributed by atoms with Gasteiger partial charge in [-0.25, -0.2) is 17.7 Å². The highest BCUT2D eigenvalue weighted by Gasteiger charge is 2.19. The van der Waals surface area contributed by atoms with Crippen LogP contribution in [-0.2, 0) is 14.8 Å². The van der Waals surface area contributed by atoms with E-state index in [1.165, 1.54) is 38.0 Å². The maximum atomic E-state index is 12.5. The molecule has 0 saturated heterocycles. The number of aromatic nitrogens is 2. The lowest BCUT2D eigenvalue weighted by molar-refractivity contribution is -0.113. The first-order valence-corrected chi connectivity index (χ1v) is 11.7. The summed E-state index contributed by atoms with van der Waals surface area (Å²) >= 11 is 7.22. The van der Waals surface area contributed by atoms with E-state index >= 15 is 0 Å². The summed E-state index contributed by atoms with van der Waals surface area (Å²) in [6.45, 7) is 1.81. The smallest absolute Gasteiger partial charge is 0.242 e. The zero-order valence-electron chi connectivity index (χ0n) is 16.7. The van der Waals surface area contributed by atoms with Gasteiger partial charge in [0.05, 0.1) is 10.6 Å². The Hall–Kier alpha value is -2.33. The number of nitrogens with zero attached hydrogens (tertiary/aromatic N) is 3. The Kier molecular flexibility index (Phi) is 6.87. The Morgan fingerprint density at radius 1 is 1.20 bits per heavy atom. The number of carbonyl (C=O) groups excluding carboxylic acids is 1. The third-order valence-electron chi connectivity index (χ3n) is 4.31. The minimum Gasteiger partial charge on any atom is -0.325 e. The normalized spacial score (nSPS) is 11.6. The van der Waals surface area contributed by atoms with Gasteiger partial charge in [0.25, 0.3) is 0 Å². The Morgan fingerprint density at radius 2 is 1.90 bits per heavy atom. The molecule has 0 spiro atoms. The third-order valence-corrected chi connectivity index (χ3v) is 7.34. The first-order chi connectivity index (χ1) is 14.2. The highest BCUT2D eigenvalue weighted by molar-refractivity contribution is 7.99. The fourth-order valence-corrected chi connectivity index (χ4v) is 4.45. The van der Waals surface area contributed by atoms with Gasteiger partial charge < -0.3 is 5.32 Å². The minimum absolute atomic E-state index is 0.120. The van der Waals surface area contributed by atoms with Crippen molar-refractivity contribution in [3.8, 4) is 5.69 Å². The molecule has 2 aromatic carbocycles. The molecule has 1 amide bonds. The number of nitrogens with one attached hydrogen (secondary N) is 1. The van der Waals surface area contributed by atoms with Crippen LogP contribution in [0.2, 0.25) is 5.02 Å². The third kappa shape index (κ3) is 5.04. The summed E-state index contributed by atoms with van der Waals surface area (Å²) in [4.78, 5) is 16.9. The van der Waals surface area contributed by atoms with Crippen molar-refractivity contribution >= 4 is 45.0 Å². The van der Waals surface area contributed by atoms with Crippen molar-refractivity contribution in [1.82, 2.24) is 13.9 Å². The summed E-state index contributed by atoms with van der Waals surface area (Å²) in [5.41, 5.74) is 2.12. The van der Waals surface area contributed by atoms with Crippen LogP contribution in [0.3, 0.4) is 0 Å². The molecule has 1 heterocycles. The second kappa shape index (κ2) is 9.22. The topological polar surface area (TPSA) is 84.3 Å². The quantitative estimate of drug-likeness (QED) is 0.537. The van der Waals surface area contributed by atoms with Crippen LogP contribution < -0.4 is 5.32 Å². The van der Waals surface area contributed by atoms with Crippen molar-refractivity contribution in [2.75, 3.05) is 25.2 Å². The number of hydrogen-bond donors (Lipinski definition) is 1. The molecule has 0 unspecified atom stereocenters. The monoisotopic (exact) mass is 464 g/mol. The van der Waals surface area contributed by atoms with Crippen molar-refractivity contribution in [3.63, 3.8) is 0 Å². The van der Waals surface area contributed by atoms with Gasteiger partial charge in [-0.05, 0) is 48.9 Å². The molecular weight excluding hydrogens is 444 g/mol. The summed E-state index contributed by atoms with van der Waals surface area (Å²) in [6.07, 6.45) is 3.47. The van der Waals surface area contributed by atoms with E-state index in [0.717, 1.165) is 15.6 Å². The molecule has 0 saturated carbocycles. The number of aryl methyl sites for hydroxylation is 1. The van der Waals surface area contributed by atoms with Gasteiger partial charge in [-0.1, -0.05) is 29.4 Å². The van der Waals surface area contributed by atoms with Crippen molar-refractivity contribution < 1.29 is 13.2 Å². The number of halogens is 1. The lowest BCUT2D eigenvalue weighted by Crippen LogP contribution is -2.22. The van der Waals surface area contributed by atoms with Gasteiger partial charge in [0.2, 0.25) is 15.9 Å². The molecule has 0 radical (unpaired) electrons. The maximum Gasteiger partial charge on any atom is 0.242 e. The fraction of sp³-hybridized carbons (Fsp3) is 0.200. The van der Waals surface area contributed by atoms with Gasteiger partial charge in [-0.3, -0.25) is 9.36 Å². The average molecular weight is 465 g/mol. The molecule has 10 heteroatoms. The van der Waals surface area contributed by atoms with Crippen molar-refractivity contribution in [3.05, 3.63) is 65.4 Å². The average Bonchev–Trinajstić information content (AvgIpc) is 3.17. The standard InChI is InChI=1S/C20H21ClN4O3S2/c1-14-4-9-17(30(27,28)24(2)3)12-18(14)23-19(26)13-29-20-22-10-11-25(20)16-7-5-15(21)6-8-16/h4-12H,13H2,1-3H3,(H,23,26). The van der Waals surface area contributed by atoms with Gasteiger partial charge in [-0.15, -0.1) is 0 Å². The molecule has 0 aliphatic rings. The Bertz CT molecular complexity index is 1160. The molecule has 158 valence electrons. The number of rotatable bonds is 7. The van der Waals surface area contributed by atoms with E-state index in [4.69, 9.17) is 11.6 Å². The van der Waals surface area contributed by atoms with E-state index in [1.54, 1.807) is 24.4 Å². The number of anilines is 1. The molecule has 7 nitrogen and oxygen atoms in total. The SMILES string of the molecule is Cc1ccc(S(=O)(=O)N(C)C)cc1NC(=O)CSc1nccn1-c1ccc(Cl)cc1. The van der Waals surface area contributed by atoms with E-state index in [-0.39, 0.29) is 16.6 Å². The van der Waals surface area contributed by atoms with E-state index in [9.17, 15) is 13.2 Å². The second-order valence-electron chi connectivity index (χ2n) is 6.66. The lowest BCUT2D eigenvalue weighted by Gasteiger charge is -2.14. The van der Waals surface area contributed by atoms with Gasteiger partial charge in [-0.2, -0.15) is 0 Å². The number of imidazole rings is 1. The van der Waals surface area contributed by atoms with Crippen molar-refractivity contribution in [2.24, 2.45) is 0 Å². The summed E-state index contributed by atoms with van der Waals surface area (Å²) < 4.78 is 27.7. The number of amides is 1. The second-order valence-corrected chi connectivity index (χ2v) is 10.2. The Balaban J connectivity index is 1.71. The molecule has 1 N–H and O–H groups in total. The summed E-state index contributed by atoms with van der Waals surface area (Å²) in [6, 6.07) is 12.0. The number of hydrogen-bond acceptors (Lipinski definition) is 5. The number of sulfonamides is 1. The molecule has 0 fully saturated rings. The van der Waals surface area contributed by atoms with Gasteiger partial charge in [0, 0.05) is 42.9 Å². The summed E-state index contributed by atoms with van der Waals surface area (Å²) in [5, 5.41) is 4.09. The fourth-order valence-electron chi connectivity index (χ4n) is 2.62. The highest BCUT2D eigenvalue weighted by atomic mass is 35.5. The van der Waals surface area contributed by atoms with Crippen LogP contribution in [-0.4, -0.2) is 48.0 Å². The first kappa shape index (κ1) is 22.4. The lowest BCUT2D eigenvalue weighted by atomic mass is 10.2. The summed E-state index contributed by atoms with van der Waals surface area (Å²) in [5.74, 6) is -0.137. The number of benzene rings is 2. The number of carbonyl (C=O) groups is 1. The van der Waals surface area contributed by atoms with Crippen LogP contribution in [0.15, 0.2) is 64.9 Å². The first-order valence-electron chi connectivity index (χ1n) is 8.93. The molecule has 1 aromatic heterocycles. The van der Waals surface area contributed by atoms with Crippen LogP contribution >= 0.6 is 23.4 Å². The van der Waals surface area contributed by atoms with Crippen LogP contribution in [0.5, 0.6) is 0 Å². The molecule has 30 heavy (non-hydrogen) atoms. The van der Waals surface area contributed by atoms with Gasteiger partial charge >= 0.3 is 0 Å². The largest absolute Gasteiger partial charge is 0.325 e. The molecule has 0 bridgehead atoms. The molecular formula is C20H21ClN4O3S2. The van der Waals surface area contributed by atoms with Gasteiger partial charge in [0.15, 0.2) is 5.16 Å². The molecule has 3 rings (SSSR count).